The van der Waals surface area contributed by atoms with Crippen LogP contribution in [0.25, 0.3) is 0 Å². The molecule has 1 nitrogen and oxygen atoms in total. The maximum atomic E-state index is 13.1. The minimum absolute atomic E-state index is 0.183. The van der Waals surface area contributed by atoms with E-state index in [-0.39, 0.29) is 11.7 Å². The Bertz CT molecular complexity index is 626. The second-order valence-corrected chi connectivity index (χ2v) is 6.21. The van der Waals surface area contributed by atoms with E-state index in [0.717, 1.165) is 22.9 Å². The van der Waals surface area contributed by atoms with E-state index >= 15 is 0 Å². The summed E-state index contributed by atoms with van der Waals surface area (Å²) in [5.41, 5.74) is 3.55. The molecule has 20 heavy (non-hydrogen) atoms. The van der Waals surface area contributed by atoms with Crippen LogP contribution < -0.4 is 0 Å². The molecular weight excluding hydrogens is 319 g/mol. The lowest BCUT2D eigenvalue weighted by molar-refractivity contribution is 0.143. The van der Waals surface area contributed by atoms with Crippen LogP contribution in [0.1, 0.15) is 29.0 Å². The first-order chi connectivity index (χ1) is 9.65. The van der Waals surface area contributed by atoms with Crippen LogP contribution in [0, 0.1) is 5.82 Å². The van der Waals surface area contributed by atoms with Gasteiger partial charge in [0.2, 0.25) is 0 Å². The molecule has 1 N–H and O–H groups in total. The number of aryl methyl sites for hydroxylation is 1. The van der Waals surface area contributed by atoms with Gasteiger partial charge in [-0.3, -0.25) is 0 Å². The molecule has 2 unspecified atom stereocenters. The topological polar surface area (TPSA) is 20.2 Å². The van der Waals surface area contributed by atoms with E-state index in [1.807, 2.05) is 12.1 Å². The van der Waals surface area contributed by atoms with Crippen molar-refractivity contribution in [3.63, 3.8) is 0 Å². The molecule has 0 spiro atoms. The molecule has 0 amide bonds. The second-order valence-electron chi connectivity index (χ2n) is 5.35. The molecular formula is C17H16BrFO. The van der Waals surface area contributed by atoms with E-state index in [2.05, 4.69) is 28.1 Å². The average Bonchev–Trinajstić information content (AvgIpc) is 2.86. The summed E-state index contributed by atoms with van der Waals surface area (Å²) in [7, 11) is 0. The van der Waals surface area contributed by atoms with Crippen molar-refractivity contribution in [2.45, 2.75) is 31.3 Å². The first kappa shape index (κ1) is 13.8. The lowest BCUT2D eigenvalue weighted by Gasteiger charge is -2.20. The molecule has 0 saturated carbocycles. The summed E-state index contributed by atoms with van der Waals surface area (Å²) < 4.78 is 13.8. The molecule has 1 aliphatic carbocycles. The van der Waals surface area contributed by atoms with Gasteiger partial charge in [0, 0.05) is 16.8 Å². The summed E-state index contributed by atoms with van der Waals surface area (Å²) in [6, 6.07) is 12.9. The standard InChI is InChI=1S/C17H16BrFO/c18-16-10-13(19)7-5-12(16)9-17(20)15-8-6-11-3-1-2-4-14(11)15/h1-5,7,10,15,17,20H,6,8-9H2. The van der Waals surface area contributed by atoms with Crippen molar-refractivity contribution in [2.75, 3.05) is 0 Å². The zero-order valence-electron chi connectivity index (χ0n) is 11.0. The number of benzene rings is 2. The largest absolute Gasteiger partial charge is 0.392 e. The number of halogens is 2. The molecule has 0 bridgehead atoms. The number of hydrogen-bond donors (Lipinski definition) is 1. The van der Waals surface area contributed by atoms with Crippen LogP contribution in [0.3, 0.4) is 0 Å². The first-order valence-electron chi connectivity index (χ1n) is 6.85. The maximum Gasteiger partial charge on any atom is 0.124 e. The van der Waals surface area contributed by atoms with Gasteiger partial charge in [-0.25, -0.2) is 4.39 Å². The highest BCUT2D eigenvalue weighted by atomic mass is 79.9. The normalized spacial score (nSPS) is 18.9. The fourth-order valence-corrected chi connectivity index (χ4v) is 3.56. The van der Waals surface area contributed by atoms with E-state index < -0.39 is 6.10 Å². The SMILES string of the molecule is OC(Cc1ccc(F)cc1Br)C1CCc2ccccc21. The first-order valence-corrected chi connectivity index (χ1v) is 7.64. The van der Waals surface area contributed by atoms with Gasteiger partial charge in [-0.2, -0.15) is 0 Å². The predicted molar refractivity (Wildman–Crippen MR) is 81.3 cm³/mol. The van der Waals surface area contributed by atoms with E-state index in [0.29, 0.717) is 6.42 Å². The molecule has 2 aromatic carbocycles. The Labute approximate surface area is 126 Å². The Morgan fingerprint density at radius 2 is 2.05 bits per heavy atom. The van der Waals surface area contributed by atoms with E-state index in [4.69, 9.17) is 0 Å². The van der Waals surface area contributed by atoms with Gasteiger partial charge in [0.1, 0.15) is 5.82 Å². The molecule has 104 valence electrons. The van der Waals surface area contributed by atoms with Crippen LogP contribution in [-0.2, 0) is 12.8 Å². The fraction of sp³-hybridized carbons (Fsp3) is 0.294. The van der Waals surface area contributed by atoms with Crippen LogP contribution in [0.2, 0.25) is 0 Å². The molecule has 0 heterocycles. The Morgan fingerprint density at radius 3 is 2.85 bits per heavy atom. The summed E-state index contributed by atoms with van der Waals surface area (Å²) in [6.07, 6.45) is 2.13. The summed E-state index contributed by atoms with van der Waals surface area (Å²) >= 11 is 3.36. The molecule has 0 aliphatic heterocycles. The van der Waals surface area contributed by atoms with E-state index in [9.17, 15) is 9.50 Å². The zero-order chi connectivity index (χ0) is 14.1. The Morgan fingerprint density at radius 1 is 1.25 bits per heavy atom. The highest BCUT2D eigenvalue weighted by Crippen LogP contribution is 2.36. The summed E-state index contributed by atoms with van der Waals surface area (Å²) in [4.78, 5) is 0. The van der Waals surface area contributed by atoms with Crippen LogP contribution >= 0.6 is 15.9 Å². The van der Waals surface area contributed by atoms with Gasteiger partial charge >= 0.3 is 0 Å². The van der Waals surface area contributed by atoms with Crippen molar-refractivity contribution in [1.82, 2.24) is 0 Å². The summed E-state index contributed by atoms with van der Waals surface area (Å²) in [6.45, 7) is 0. The van der Waals surface area contributed by atoms with Gasteiger partial charge in [0.05, 0.1) is 6.10 Å². The van der Waals surface area contributed by atoms with Gasteiger partial charge in [-0.15, -0.1) is 0 Å². The highest BCUT2D eigenvalue weighted by molar-refractivity contribution is 9.10. The Hall–Kier alpha value is -1.19. The number of aliphatic hydroxyl groups excluding tert-OH is 1. The minimum Gasteiger partial charge on any atom is -0.392 e. The van der Waals surface area contributed by atoms with Crippen molar-refractivity contribution >= 4 is 15.9 Å². The zero-order valence-corrected chi connectivity index (χ0v) is 12.6. The second kappa shape index (κ2) is 5.66. The van der Waals surface area contributed by atoms with Crippen molar-refractivity contribution < 1.29 is 9.50 Å². The predicted octanol–water partition coefficient (Wildman–Crippen LogP) is 4.22. The third-order valence-electron chi connectivity index (χ3n) is 4.09. The molecule has 2 aromatic rings. The number of hydrogen-bond acceptors (Lipinski definition) is 1. The van der Waals surface area contributed by atoms with Gasteiger partial charge in [-0.05, 0) is 41.7 Å². The Kier molecular flexibility index (Phi) is 3.90. The Balaban J connectivity index is 1.79. The highest BCUT2D eigenvalue weighted by Gasteiger charge is 2.28. The number of aliphatic hydroxyl groups is 1. The lowest BCUT2D eigenvalue weighted by atomic mass is 9.91. The monoisotopic (exact) mass is 334 g/mol. The van der Waals surface area contributed by atoms with Crippen LogP contribution in [0.15, 0.2) is 46.9 Å². The molecule has 0 saturated heterocycles. The smallest absolute Gasteiger partial charge is 0.124 e. The fourth-order valence-electron chi connectivity index (χ4n) is 3.04. The third-order valence-corrected chi connectivity index (χ3v) is 4.83. The van der Waals surface area contributed by atoms with Crippen LogP contribution in [0.4, 0.5) is 4.39 Å². The van der Waals surface area contributed by atoms with Crippen molar-refractivity contribution in [3.8, 4) is 0 Å². The molecule has 2 atom stereocenters. The number of fused-ring (bicyclic) bond motifs is 1. The maximum absolute atomic E-state index is 13.1. The number of rotatable bonds is 3. The molecule has 0 radical (unpaired) electrons. The van der Waals surface area contributed by atoms with E-state index in [1.165, 1.54) is 23.3 Å². The van der Waals surface area contributed by atoms with Crippen molar-refractivity contribution in [1.29, 1.82) is 0 Å². The van der Waals surface area contributed by atoms with Gasteiger partial charge in [0.15, 0.2) is 0 Å². The summed E-state index contributed by atoms with van der Waals surface area (Å²) in [5.74, 6) is -0.0792. The summed E-state index contributed by atoms with van der Waals surface area (Å²) in [5, 5.41) is 10.5. The van der Waals surface area contributed by atoms with Gasteiger partial charge < -0.3 is 5.11 Å². The van der Waals surface area contributed by atoms with Crippen molar-refractivity contribution in [2.24, 2.45) is 0 Å². The minimum atomic E-state index is -0.430. The van der Waals surface area contributed by atoms with Crippen molar-refractivity contribution in [3.05, 3.63) is 69.4 Å². The molecule has 3 heteroatoms. The third kappa shape index (κ3) is 2.65. The van der Waals surface area contributed by atoms with Gasteiger partial charge in [-0.1, -0.05) is 46.3 Å². The van der Waals surface area contributed by atoms with E-state index in [1.54, 1.807) is 6.07 Å². The molecule has 1 aliphatic rings. The van der Waals surface area contributed by atoms with Crippen LogP contribution in [-0.4, -0.2) is 11.2 Å². The lowest BCUT2D eigenvalue weighted by Crippen LogP contribution is -2.19. The quantitative estimate of drug-likeness (QED) is 0.890. The molecule has 3 rings (SSSR count). The molecule has 0 fully saturated rings. The average molecular weight is 335 g/mol. The van der Waals surface area contributed by atoms with Gasteiger partial charge in [0.25, 0.3) is 0 Å². The molecule has 0 aromatic heterocycles. The van der Waals surface area contributed by atoms with Crippen LogP contribution in [0.5, 0.6) is 0 Å².